The van der Waals surface area contributed by atoms with E-state index in [1.807, 2.05) is 0 Å². The Hall–Kier alpha value is -2.37. The van der Waals surface area contributed by atoms with Gasteiger partial charge in [-0.2, -0.15) is 0 Å². The first kappa shape index (κ1) is 17.0. The average Bonchev–Trinajstić information content (AvgIpc) is 2.55. The van der Waals surface area contributed by atoms with E-state index >= 15 is 0 Å². The molecule has 2 N–H and O–H groups in total. The smallest absolute Gasteiger partial charge is 0.321 e. The topological polar surface area (TPSA) is 84.5 Å². The van der Waals surface area contributed by atoms with Gasteiger partial charge in [0.05, 0.1) is 0 Å². The van der Waals surface area contributed by atoms with Crippen LogP contribution >= 0.6 is 0 Å². The van der Waals surface area contributed by atoms with Crippen molar-refractivity contribution < 1.29 is 19.1 Å². The van der Waals surface area contributed by atoms with Gasteiger partial charge < -0.3 is 10.1 Å². The van der Waals surface area contributed by atoms with E-state index < -0.39 is 11.9 Å². The third kappa shape index (κ3) is 5.39. The molecule has 6 heteroatoms. The van der Waals surface area contributed by atoms with Gasteiger partial charge in [0.1, 0.15) is 12.0 Å². The Balaban J connectivity index is 1.72. The molecule has 1 aromatic rings. The van der Waals surface area contributed by atoms with E-state index in [2.05, 4.69) is 17.6 Å². The monoisotopic (exact) mass is 318 g/mol. The number of amides is 3. The van der Waals surface area contributed by atoms with Gasteiger partial charge in [-0.1, -0.05) is 19.8 Å². The van der Waals surface area contributed by atoms with Crippen molar-refractivity contribution in [3.63, 3.8) is 0 Å². The van der Waals surface area contributed by atoms with Gasteiger partial charge in [0, 0.05) is 11.6 Å². The minimum Gasteiger partial charge on any atom is -0.484 e. The van der Waals surface area contributed by atoms with E-state index in [0.717, 1.165) is 25.5 Å². The number of rotatable bonds is 5. The highest BCUT2D eigenvalue weighted by atomic mass is 16.5. The summed E-state index contributed by atoms with van der Waals surface area (Å²) in [5, 5.41) is 5.12. The number of hydrogen-bond acceptors (Lipinski definition) is 4. The first-order valence-electron chi connectivity index (χ1n) is 7.87. The molecule has 1 aliphatic rings. The number of benzene rings is 1. The zero-order chi connectivity index (χ0) is 16.7. The van der Waals surface area contributed by atoms with E-state index in [0.29, 0.717) is 17.2 Å². The van der Waals surface area contributed by atoms with Crippen molar-refractivity contribution in [3.8, 4) is 5.75 Å². The number of imide groups is 1. The van der Waals surface area contributed by atoms with Crippen molar-refractivity contribution in [2.45, 2.75) is 38.6 Å². The zero-order valence-electron chi connectivity index (χ0n) is 13.2. The van der Waals surface area contributed by atoms with E-state index in [1.165, 1.54) is 6.42 Å². The maximum absolute atomic E-state index is 11.8. The van der Waals surface area contributed by atoms with Crippen LogP contribution in [-0.2, 0) is 4.79 Å². The molecule has 3 amide bonds. The second-order valence-corrected chi connectivity index (χ2v) is 5.87. The lowest BCUT2D eigenvalue weighted by molar-refractivity contribution is -0.122. The maximum atomic E-state index is 11.8. The number of carbonyl (C=O) groups excluding carboxylic acids is 3. The molecule has 1 aromatic carbocycles. The number of urea groups is 1. The minimum absolute atomic E-state index is 0.119. The Bertz CT molecular complexity index is 556. The lowest BCUT2D eigenvalue weighted by atomic mass is 9.86. The average molecular weight is 318 g/mol. The molecule has 2 atom stereocenters. The van der Waals surface area contributed by atoms with Crippen LogP contribution < -0.4 is 15.4 Å². The fourth-order valence-electron chi connectivity index (χ4n) is 2.69. The van der Waals surface area contributed by atoms with Crippen LogP contribution in [-0.4, -0.2) is 30.9 Å². The van der Waals surface area contributed by atoms with Gasteiger partial charge in [-0.3, -0.25) is 14.9 Å². The highest BCUT2D eigenvalue weighted by molar-refractivity contribution is 5.95. The summed E-state index contributed by atoms with van der Waals surface area (Å²) in [5.41, 5.74) is 0.530. The van der Waals surface area contributed by atoms with Crippen molar-refractivity contribution in [2.75, 3.05) is 6.61 Å². The van der Waals surface area contributed by atoms with Gasteiger partial charge >= 0.3 is 6.03 Å². The fraction of sp³-hybridized carbons (Fsp3) is 0.471. The molecule has 2 unspecified atom stereocenters. The molecule has 0 aliphatic heterocycles. The lowest BCUT2D eigenvalue weighted by Gasteiger charge is -2.29. The van der Waals surface area contributed by atoms with Crippen LogP contribution in [0.15, 0.2) is 24.3 Å². The van der Waals surface area contributed by atoms with Crippen LogP contribution in [0.1, 0.15) is 43.0 Å². The van der Waals surface area contributed by atoms with Gasteiger partial charge in [-0.15, -0.1) is 0 Å². The molecule has 0 aromatic heterocycles. The summed E-state index contributed by atoms with van der Waals surface area (Å²) in [4.78, 5) is 34.1. The standard InChI is InChI=1S/C17H22N2O4/c1-12-4-2-3-5-15(12)18-17(22)19-16(21)11-23-14-8-6-13(10-20)7-9-14/h6-10,12,15H,2-5,11H2,1H3,(H2,18,19,21,22). The zero-order valence-corrected chi connectivity index (χ0v) is 13.2. The molecular weight excluding hydrogens is 296 g/mol. The molecule has 1 saturated carbocycles. The Morgan fingerprint density at radius 3 is 2.57 bits per heavy atom. The Morgan fingerprint density at radius 1 is 1.22 bits per heavy atom. The van der Waals surface area contributed by atoms with Crippen LogP contribution in [0.5, 0.6) is 5.75 Å². The summed E-state index contributed by atoms with van der Waals surface area (Å²) in [5.74, 6) is 0.384. The van der Waals surface area contributed by atoms with Crippen molar-refractivity contribution in [1.29, 1.82) is 0 Å². The predicted octanol–water partition coefficient (Wildman–Crippen LogP) is 2.28. The highest BCUT2D eigenvalue weighted by Crippen LogP contribution is 2.23. The molecule has 1 fully saturated rings. The summed E-state index contributed by atoms with van der Waals surface area (Å²) < 4.78 is 5.27. The summed E-state index contributed by atoms with van der Waals surface area (Å²) >= 11 is 0. The summed E-state index contributed by atoms with van der Waals surface area (Å²) in [6, 6.07) is 6.03. The number of ether oxygens (including phenoxy) is 1. The van der Waals surface area contributed by atoms with E-state index in [4.69, 9.17) is 4.74 Å². The SMILES string of the molecule is CC1CCCCC1NC(=O)NC(=O)COc1ccc(C=O)cc1. The number of hydrogen-bond donors (Lipinski definition) is 2. The largest absolute Gasteiger partial charge is 0.484 e. The third-order valence-electron chi connectivity index (χ3n) is 4.07. The van der Waals surface area contributed by atoms with Gasteiger partial charge in [0.25, 0.3) is 5.91 Å². The van der Waals surface area contributed by atoms with Crippen molar-refractivity contribution in [2.24, 2.45) is 5.92 Å². The first-order chi connectivity index (χ1) is 11.1. The summed E-state index contributed by atoms with van der Waals surface area (Å²) in [6.07, 6.45) is 5.06. The third-order valence-corrected chi connectivity index (χ3v) is 4.07. The molecule has 0 spiro atoms. The second-order valence-electron chi connectivity index (χ2n) is 5.87. The molecule has 6 nitrogen and oxygen atoms in total. The Kier molecular flexibility index (Phi) is 6.14. The molecular formula is C17H22N2O4. The molecule has 2 rings (SSSR count). The predicted molar refractivity (Wildman–Crippen MR) is 85.4 cm³/mol. The van der Waals surface area contributed by atoms with Gasteiger partial charge in [-0.25, -0.2) is 4.79 Å². The number of nitrogens with one attached hydrogen (secondary N) is 2. The maximum Gasteiger partial charge on any atom is 0.321 e. The number of aldehydes is 1. The van der Waals surface area contributed by atoms with E-state index in [-0.39, 0.29) is 12.6 Å². The van der Waals surface area contributed by atoms with Gasteiger partial charge in [0.15, 0.2) is 6.61 Å². The molecule has 0 radical (unpaired) electrons. The van der Waals surface area contributed by atoms with E-state index in [1.54, 1.807) is 24.3 Å². The molecule has 0 saturated heterocycles. The van der Waals surface area contributed by atoms with Crippen LogP contribution in [0.25, 0.3) is 0 Å². The van der Waals surface area contributed by atoms with Crippen LogP contribution in [0.4, 0.5) is 4.79 Å². The molecule has 0 bridgehead atoms. The lowest BCUT2D eigenvalue weighted by Crippen LogP contribution is -2.48. The van der Waals surface area contributed by atoms with Gasteiger partial charge in [0.2, 0.25) is 0 Å². The Morgan fingerprint density at radius 2 is 1.91 bits per heavy atom. The van der Waals surface area contributed by atoms with Crippen LogP contribution in [0.3, 0.4) is 0 Å². The number of carbonyl (C=O) groups is 3. The summed E-state index contributed by atoms with van der Waals surface area (Å²) in [6.45, 7) is 1.85. The second kappa shape index (κ2) is 8.31. The fourth-order valence-corrected chi connectivity index (χ4v) is 2.69. The highest BCUT2D eigenvalue weighted by Gasteiger charge is 2.23. The Labute approximate surface area is 135 Å². The molecule has 0 heterocycles. The molecule has 124 valence electrons. The van der Waals surface area contributed by atoms with Gasteiger partial charge in [-0.05, 0) is 43.0 Å². The minimum atomic E-state index is -0.509. The van der Waals surface area contributed by atoms with Crippen molar-refractivity contribution in [3.05, 3.63) is 29.8 Å². The van der Waals surface area contributed by atoms with Crippen molar-refractivity contribution >= 4 is 18.2 Å². The summed E-state index contributed by atoms with van der Waals surface area (Å²) in [7, 11) is 0. The molecule has 1 aliphatic carbocycles. The van der Waals surface area contributed by atoms with Crippen LogP contribution in [0.2, 0.25) is 0 Å². The van der Waals surface area contributed by atoms with E-state index in [9.17, 15) is 14.4 Å². The van der Waals surface area contributed by atoms with Crippen LogP contribution in [0, 0.1) is 5.92 Å². The first-order valence-corrected chi connectivity index (χ1v) is 7.87. The quantitative estimate of drug-likeness (QED) is 0.816. The normalized spacial score (nSPS) is 20.4. The van der Waals surface area contributed by atoms with Crippen molar-refractivity contribution in [1.82, 2.24) is 10.6 Å². The molecule has 23 heavy (non-hydrogen) atoms.